The van der Waals surface area contributed by atoms with Gasteiger partial charge in [-0.1, -0.05) is 6.92 Å². The summed E-state index contributed by atoms with van der Waals surface area (Å²) in [6.45, 7) is 4.72. The average Bonchev–Trinajstić information content (AvgIpc) is 3.29. The first-order valence-corrected chi connectivity index (χ1v) is 14.7. The number of benzene rings is 1. The van der Waals surface area contributed by atoms with Crippen molar-refractivity contribution in [2.45, 2.75) is 30.8 Å². The van der Waals surface area contributed by atoms with Crippen LogP contribution in [0.3, 0.4) is 0 Å². The quantitative estimate of drug-likeness (QED) is 0.350. The molecular formula is C27H30F2N8O3S. The summed E-state index contributed by atoms with van der Waals surface area (Å²) in [5.74, 6) is -1.78. The van der Waals surface area contributed by atoms with Gasteiger partial charge >= 0.3 is 0 Å². The van der Waals surface area contributed by atoms with Gasteiger partial charge in [-0.25, -0.2) is 22.2 Å². The van der Waals surface area contributed by atoms with Gasteiger partial charge in [0.25, 0.3) is 0 Å². The van der Waals surface area contributed by atoms with Crippen molar-refractivity contribution >= 4 is 38.6 Å². The Balaban J connectivity index is 1.47. The summed E-state index contributed by atoms with van der Waals surface area (Å²) < 4.78 is 54.8. The molecule has 4 aromatic rings. The largest absolute Gasteiger partial charge is 0.368 e. The molecule has 11 nitrogen and oxygen atoms in total. The van der Waals surface area contributed by atoms with Gasteiger partial charge in [-0.2, -0.15) is 9.61 Å². The SMILES string of the molecule is CC(=O)N(C)[C@@H]1[C@H](N)CN(c2ccncc2Nc2ncc3ccc(-c4c(F)cc(S(C)(=O)=O)cc4F)nn23)C[C@@H]1C. The molecule has 1 fully saturated rings. The monoisotopic (exact) mass is 584 g/mol. The maximum absolute atomic E-state index is 14.9. The number of anilines is 3. The van der Waals surface area contributed by atoms with Crippen molar-refractivity contribution in [3.63, 3.8) is 0 Å². The van der Waals surface area contributed by atoms with Crippen LogP contribution in [-0.4, -0.2) is 77.3 Å². The van der Waals surface area contributed by atoms with E-state index in [-0.39, 0.29) is 35.6 Å². The van der Waals surface area contributed by atoms with Crippen molar-refractivity contribution in [1.29, 1.82) is 0 Å². The number of nitrogens with zero attached hydrogens (tertiary/aromatic N) is 6. The summed E-state index contributed by atoms with van der Waals surface area (Å²) in [4.78, 5) is 24.0. The van der Waals surface area contributed by atoms with E-state index in [1.165, 1.54) is 17.5 Å². The van der Waals surface area contributed by atoms with Crippen LogP contribution >= 0.6 is 0 Å². The van der Waals surface area contributed by atoms with Gasteiger partial charge in [0.1, 0.15) is 11.6 Å². The predicted octanol–water partition coefficient (Wildman–Crippen LogP) is 2.85. The zero-order valence-electron chi connectivity index (χ0n) is 22.9. The maximum atomic E-state index is 14.9. The molecule has 0 saturated carbocycles. The lowest BCUT2D eigenvalue weighted by atomic mass is 9.88. The fraction of sp³-hybridized carbons (Fsp3) is 0.333. The Morgan fingerprint density at radius 2 is 1.85 bits per heavy atom. The molecule has 3 aromatic heterocycles. The number of hydrogen-bond acceptors (Lipinski definition) is 9. The Labute approximate surface area is 235 Å². The number of amides is 1. The first-order valence-electron chi connectivity index (χ1n) is 12.8. The first kappa shape index (κ1) is 28.4. The molecule has 0 bridgehead atoms. The van der Waals surface area contributed by atoms with Crippen molar-refractivity contribution in [2.24, 2.45) is 11.7 Å². The molecule has 14 heteroatoms. The first-order chi connectivity index (χ1) is 19.3. The van der Waals surface area contributed by atoms with Gasteiger partial charge < -0.3 is 20.9 Å². The molecule has 1 aromatic carbocycles. The molecule has 4 heterocycles. The molecule has 1 aliphatic rings. The van der Waals surface area contributed by atoms with E-state index in [4.69, 9.17) is 5.73 Å². The van der Waals surface area contributed by atoms with Crippen LogP contribution in [0.2, 0.25) is 0 Å². The van der Waals surface area contributed by atoms with Gasteiger partial charge in [-0.05, 0) is 36.2 Å². The molecule has 1 amide bonds. The van der Waals surface area contributed by atoms with Crippen LogP contribution in [-0.2, 0) is 14.6 Å². The maximum Gasteiger partial charge on any atom is 0.229 e. The zero-order chi connectivity index (χ0) is 29.6. The highest BCUT2D eigenvalue weighted by Crippen LogP contribution is 2.33. The topological polar surface area (TPSA) is 139 Å². The molecule has 1 saturated heterocycles. The molecule has 41 heavy (non-hydrogen) atoms. The van der Waals surface area contributed by atoms with Gasteiger partial charge in [0.2, 0.25) is 11.9 Å². The summed E-state index contributed by atoms with van der Waals surface area (Å²) in [5, 5.41) is 7.62. The Morgan fingerprint density at radius 1 is 1.15 bits per heavy atom. The predicted molar refractivity (Wildman–Crippen MR) is 151 cm³/mol. The van der Waals surface area contributed by atoms with Crippen LogP contribution in [0, 0.1) is 17.6 Å². The summed E-state index contributed by atoms with van der Waals surface area (Å²) in [6.07, 6.45) is 5.72. The number of pyridine rings is 1. The number of piperidine rings is 1. The van der Waals surface area contributed by atoms with E-state index in [0.717, 1.165) is 24.1 Å². The Morgan fingerprint density at radius 3 is 2.49 bits per heavy atom. The second kappa shape index (κ2) is 10.7. The van der Waals surface area contributed by atoms with E-state index in [0.29, 0.717) is 24.3 Å². The summed E-state index contributed by atoms with van der Waals surface area (Å²) in [7, 11) is -2.04. The minimum absolute atomic E-state index is 0.0406. The van der Waals surface area contributed by atoms with Gasteiger partial charge in [-0.15, -0.1) is 0 Å². The Bertz CT molecular complexity index is 1710. The van der Waals surface area contributed by atoms with E-state index < -0.39 is 31.9 Å². The van der Waals surface area contributed by atoms with Crippen LogP contribution in [0.25, 0.3) is 16.8 Å². The van der Waals surface area contributed by atoms with E-state index in [1.54, 1.807) is 36.6 Å². The van der Waals surface area contributed by atoms with Crippen molar-refractivity contribution in [1.82, 2.24) is 24.5 Å². The Hall–Kier alpha value is -4.17. The number of rotatable bonds is 6. The molecule has 0 radical (unpaired) electrons. The van der Waals surface area contributed by atoms with Crippen LogP contribution in [0.15, 0.2) is 53.8 Å². The number of aromatic nitrogens is 4. The summed E-state index contributed by atoms with van der Waals surface area (Å²) in [5.41, 5.74) is 8.01. The molecule has 3 N–H and O–H groups in total. The van der Waals surface area contributed by atoms with Crippen molar-refractivity contribution < 1.29 is 22.0 Å². The van der Waals surface area contributed by atoms with E-state index >= 15 is 0 Å². The van der Waals surface area contributed by atoms with E-state index in [9.17, 15) is 22.0 Å². The zero-order valence-corrected chi connectivity index (χ0v) is 23.7. The van der Waals surface area contributed by atoms with Crippen molar-refractivity contribution in [3.8, 4) is 11.3 Å². The fourth-order valence-electron chi connectivity index (χ4n) is 5.38. The number of sulfone groups is 1. The standard InChI is InChI=1S/C27H30F2N8O3S/c1-15-13-36(14-21(30)26(15)35(3)16(2)38)24-7-8-31-12-23(24)33-27-32-11-17-5-6-22(34-37(17)27)25-19(28)9-18(10-20(25)29)41(4,39)40/h5-12,15,21,26H,13-14,30H2,1-4H3,(H,32,33)/t15-,21+,26-/m0/s1. The molecule has 3 atom stereocenters. The van der Waals surface area contributed by atoms with Crippen molar-refractivity contribution in [3.05, 3.63) is 60.6 Å². The van der Waals surface area contributed by atoms with Gasteiger partial charge in [0, 0.05) is 45.6 Å². The average molecular weight is 585 g/mol. The van der Waals surface area contributed by atoms with Gasteiger partial charge in [-0.3, -0.25) is 9.78 Å². The minimum atomic E-state index is -3.81. The number of carbonyl (C=O) groups excluding carboxylic acids is 1. The number of halogens is 2. The van der Waals surface area contributed by atoms with Crippen LogP contribution < -0.4 is 16.0 Å². The number of carbonyl (C=O) groups is 1. The van der Waals surface area contributed by atoms with E-state index in [2.05, 4.69) is 32.2 Å². The number of hydrogen-bond donors (Lipinski definition) is 2. The number of imidazole rings is 1. The molecule has 1 aliphatic heterocycles. The molecule has 0 aliphatic carbocycles. The second-order valence-electron chi connectivity index (χ2n) is 10.4. The molecule has 5 rings (SSSR count). The van der Waals surface area contributed by atoms with Crippen LogP contribution in [0.1, 0.15) is 13.8 Å². The molecule has 216 valence electrons. The van der Waals surface area contributed by atoms with Gasteiger partial charge in [0.05, 0.1) is 51.5 Å². The van der Waals surface area contributed by atoms with E-state index in [1.807, 2.05) is 6.07 Å². The number of nitrogens with two attached hydrogens (primary N) is 1. The highest BCUT2D eigenvalue weighted by Gasteiger charge is 2.36. The second-order valence-corrected chi connectivity index (χ2v) is 12.4. The third-order valence-electron chi connectivity index (χ3n) is 7.37. The minimum Gasteiger partial charge on any atom is -0.368 e. The third kappa shape index (κ3) is 5.44. The third-order valence-corrected chi connectivity index (χ3v) is 8.47. The lowest BCUT2D eigenvalue weighted by Crippen LogP contribution is -2.62. The molecule has 0 spiro atoms. The number of nitrogens with one attached hydrogen (secondary N) is 1. The molecule has 0 unspecified atom stereocenters. The van der Waals surface area contributed by atoms with Crippen LogP contribution in [0.5, 0.6) is 0 Å². The Kier molecular flexibility index (Phi) is 7.38. The smallest absolute Gasteiger partial charge is 0.229 e. The lowest BCUT2D eigenvalue weighted by molar-refractivity contribution is -0.131. The normalized spacial score (nSPS) is 19.4. The summed E-state index contributed by atoms with van der Waals surface area (Å²) >= 11 is 0. The van der Waals surface area contributed by atoms with Crippen molar-refractivity contribution in [2.75, 3.05) is 36.6 Å². The number of likely N-dealkylation sites (N-methyl/N-ethyl adjacent to an activating group) is 1. The van der Waals surface area contributed by atoms with Gasteiger partial charge in [0.15, 0.2) is 9.84 Å². The lowest BCUT2D eigenvalue weighted by Gasteiger charge is -2.46. The summed E-state index contributed by atoms with van der Waals surface area (Å²) in [6, 6.07) is 6.04. The fourth-order valence-corrected chi connectivity index (χ4v) is 6.02. The highest BCUT2D eigenvalue weighted by atomic mass is 32.2. The number of fused-ring (bicyclic) bond motifs is 1. The highest BCUT2D eigenvalue weighted by molar-refractivity contribution is 7.90. The van der Waals surface area contributed by atoms with Crippen LogP contribution in [0.4, 0.5) is 26.1 Å². The molecular weight excluding hydrogens is 554 g/mol.